The number of halogens is 1. The van der Waals surface area contributed by atoms with E-state index >= 15 is 0 Å². The molecule has 56 valence electrons. The first kappa shape index (κ1) is 7.99. The van der Waals surface area contributed by atoms with E-state index in [0.29, 0.717) is 11.0 Å². The van der Waals surface area contributed by atoms with Crippen molar-refractivity contribution in [1.82, 2.24) is 0 Å². The van der Waals surface area contributed by atoms with Crippen LogP contribution in [0.2, 0.25) is 0 Å². The van der Waals surface area contributed by atoms with Crippen molar-refractivity contribution in [1.29, 1.82) is 0 Å². The number of carbonyl (C=O) groups excluding carboxylic acids is 1. The lowest BCUT2D eigenvalue weighted by atomic mass is 9.93. The zero-order chi connectivity index (χ0) is 8.43. The van der Waals surface area contributed by atoms with E-state index in [1.807, 2.05) is 0 Å². The second-order valence-corrected chi connectivity index (χ2v) is 2.52. The summed E-state index contributed by atoms with van der Waals surface area (Å²) < 4.78 is 12.7. The van der Waals surface area contributed by atoms with Gasteiger partial charge in [0, 0.05) is 5.56 Å². The van der Waals surface area contributed by atoms with Gasteiger partial charge in [0.2, 0.25) is 0 Å². The molecule has 0 aliphatic carbocycles. The zero-order valence-corrected chi connectivity index (χ0v) is 6.52. The molecule has 1 aromatic rings. The summed E-state index contributed by atoms with van der Waals surface area (Å²) in [5.74, 6) is -0.303. The number of rotatable bonds is 1. The predicted molar refractivity (Wildman–Crippen MR) is 44.6 cm³/mol. The molecule has 0 heterocycles. The highest BCUT2D eigenvalue weighted by Crippen LogP contribution is 1.99. The summed E-state index contributed by atoms with van der Waals surface area (Å²) in [6.45, 7) is 1.46. The molecule has 0 amide bonds. The Morgan fingerprint density at radius 1 is 1.55 bits per heavy atom. The van der Waals surface area contributed by atoms with E-state index in [1.165, 1.54) is 19.1 Å². The van der Waals surface area contributed by atoms with Crippen molar-refractivity contribution in [3.8, 4) is 0 Å². The number of benzene rings is 1. The number of carbonyl (C=O) groups is 1. The van der Waals surface area contributed by atoms with Gasteiger partial charge in [0.15, 0.2) is 5.78 Å². The Morgan fingerprint density at radius 3 is 2.64 bits per heavy atom. The topological polar surface area (TPSA) is 17.1 Å². The van der Waals surface area contributed by atoms with Gasteiger partial charge in [-0.1, -0.05) is 11.5 Å². The van der Waals surface area contributed by atoms with E-state index in [0.717, 1.165) is 0 Å². The zero-order valence-electron chi connectivity index (χ0n) is 6.52. The molecule has 0 fully saturated rings. The molecule has 0 saturated carbocycles. The molecular formula is C8H8BFO. The van der Waals surface area contributed by atoms with Crippen LogP contribution < -0.4 is 5.46 Å². The standard InChI is InChI=1S/C8H8BFO/c1-5(11)6-2-3-8(10)7(9)4-6/h2-4H,9H2,1H3. The monoisotopic (exact) mass is 150 g/mol. The van der Waals surface area contributed by atoms with Crippen LogP contribution in [0.4, 0.5) is 4.39 Å². The van der Waals surface area contributed by atoms with Crippen molar-refractivity contribution >= 4 is 19.1 Å². The van der Waals surface area contributed by atoms with E-state index in [4.69, 9.17) is 0 Å². The Kier molecular flexibility index (Phi) is 2.08. The van der Waals surface area contributed by atoms with Gasteiger partial charge in [-0.05, 0) is 19.1 Å². The SMILES string of the molecule is Bc1cc(C(C)=O)ccc1F. The Hall–Kier alpha value is -1.12. The Balaban J connectivity index is 3.15. The summed E-state index contributed by atoms with van der Waals surface area (Å²) in [5, 5.41) is 0. The largest absolute Gasteiger partial charge is 0.295 e. The van der Waals surface area contributed by atoms with Crippen molar-refractivity contribution < 1.29 is 9.18 Å². The molecule has 0 spiro atoms. The van der Waals surface area contributed by atoms with Crippen LogP contribution in [0, 0.1) is 5.82 Å². The summed E-state index contributed by atoms with van der Waals surface area (Å²) in [7, 11) is 1.64. The molecule has 3 heteroatoms. The average Bonchev–Trinajstić information content (AvgIpc) is 1.94. The van der Waals surface area contributed by atoms with Crippen molar-refractivity contribution in [2.75, 3.05) is 0 Å². The van der Waals surface area contributed by atoms with Crippen LogP contribution in [0.5, 0.6) is 0 Å². The van der Waals surface area contributed by atoms with E-state index in [-0.39, 0.29) is 11.6 Å². The summed E-state index contributed by atoms with van der Waals surface area (Å²) in [6, 6.07) is 4.36. The van der Waals surface area contributed by atoms with Crippen molar-refractivity contribution in [3.05, 3.63) is 29.6 Å². The summed E-state index contributed by atoms with van der Waals surface area (Å²) in [6.07, 6.45) is 0. The van der Waals surface area contributed by atoms with Gasteiger partial charge in [-0.15, -0.1) is 0 Å². The quantitative estimate of drug-likeness (QED) is 0.415. The smallest absolute Gasteiger partial charge is 0.159 e. The molecule has 0 aliphatic rings. The minimum absolute atomic E-state index is 0.0342. The van der Waals surface area contributed by atoms with Crippen LogP contribution in [0.15, 0.2) is 18.2 Å². The first-order chi connectivity index (χ1) is 5.11. The van der Waals surface area contributed by atoms with E-state index < -0.39 is 0 Å². The first-order valence-electron chi connectivity index (χ1n) is 3.38. The van der Waals surface area contributed by atoms with Crippen LogP contribution in [-0.4, -0.2) is 13.6 Å². The highest BCUT2D eigenvalue weighted by Gasteiger charge is 2.01. The Labute approximate surface area is 65.6 Å². The van der Waals surface area contributed by atoms with Gasteiger partial charge >= 0.3 is 0 Å². The third-order valence-corrected chi connectivity index (χ3v) is 1.56. The van der Waals surface area contributed by atoms with Gasteiger partial charge < -0.3 is 0 Å². The minimum atomic E-state index is -0.269. The van der Waals surface area contributed by atoms with E-state index in [2.05, 4.69) is 0 Å². The van der Waals surface area contributed by atoms with Gasteiger partial charge in [-0.3, -0.25) is 4.79 Å². The highest BCUT2D eigenvalue weighted by atomic mass is 19.1. The molecule has 11 heavy (non-hydrogen) atoms. The molecule has 0 aromatic heterocycles. The van der Waals surface area contributed by atoms with Crippen molar-refractivity contribution in [3.63, 3.8) is 0 Å². The van der Waals surface area contributed by atoms with Crippen LogP contribution in [0.3, 0.4) is 0 Å². The van der Waals surface area contributed by atoms with Crippen LogP contribution in [0.1, 0.15) is 17.3 Å². The molecule has 1 rings (SSSR count). The van der Waals surface area contributed by atoms with E-state index in [1.54, 1.807) is 13.9 Å². The molecule has 0 saturated heterocycles. The maximum Gasteiger partial charge on any atom is 0.159 e. The lowest BCUT2D eigenvalue weighted by Crippen LogP contribution is -2.10. The Morgan fingerprint density at radius 2 is 2.18 bits per heavy atom. The normalized spacial score (nSPS) is 9.64. The van der Waals surface area contributed by atoms with Crippen LogP contribution >= 0.6 is 0 Å². The molecule has 0 N–H and O–H groups in total. The van der Waals surface area contributed by atoms with Crippen LogP contribution in [-0.2, 0) is 0 Å². The average molecular weight is 150 g/mol. The second kappa shape index (κ2) is 2.87. The molecule has 0 aliphatic heterocycles. The number of hydrogen-bond acceptors (Lipinski definition) is 1. The minimum Gasteiger partial charge on any atom is -0.295 e. The fourth-order valence-corrected chi connectivity index (χ4v) is 0.864. The number of Topliss-reactive ketones (excluding diaryl/α,β-unsaturated/α-hetero) is 1. The molecule has 1 aromatic carbocycles. The van der Waals surface area contributed by atoms with Crippen molar-refractivity contribution in [2.45, 2.75) is 6.92 Å². The van der Waals surface area contributed by atoms with E-state index in [9.17, 15) is 9.18 Å². The molecule has 0 unspecified atom stereocenters. The summed E-state index contributed by atoms with van der Waals surface area (Å²) >= 11 is 0. The lowest BCUT2D eigenvalue weighted by Gasteiger charge is -1.98. The summed E-state index contributed by atoms with van der Waals surface area (Å²) in [4.78, 5) is 10.8. The third-order valence-electron chi connectivity index (χ3n) is 1.56. The number of ketones is 1. The van der Waals surface area contributed by atoms with Crippen LogP contribution in [0.25, 0.3) is 0 Å². The van der Waals surface area contributed by atoms with Crippen molar-refractivity contribution in [2.24, 2.45) is 0 Å². The highest BCUT2D eigenvalue weighted by molar-refractivity contribution is 6.32. The third kappa shape index (κ3) is 1.67. The van der Waals surface area contributed by atoms with Gasteiger partial charge in [-0.2, -0.15) is 0 Å². The molecule has 0 radical (unpaired) electrons. The van der Waals surface area contributed by atoms with Gasteiger partial charge in [0.1, 0.15) is 13.7 Å². The first-order valence-corrected chi connectivity index (χ1v) is 3.38. The second-order valence-electron chi connectivity index (χ2n) is 2.52. The van der Waals surface area contributed by atoms with Gasteiger partial charge in [-0.25, -0.2) is 4.39 Å². The maximum atomic E-state index is 12.7. The fourth-order valence-electron chi connectivity index (χ4n) is 0.864. The van der Waals surface area contributed by atoms with Gasteiger partial charge in [0.25, 0.3) is 0 Å². The maximum absolute atomic E-state index is 12.7. The predicted octanol–water partition coefficient (Wildman–Crippen LogP) is 0.287. The molecule has 1 nitrogen and oxygen atoms in total. The number of hydrogen-bond donors (Lipinski definition) is 0. The molecule has 0 bridgehead atoms. The summed E-state index contributed by atoms with van der Waals surface area (Å²) in [5.41, 5.74) is 1.07. The molecule has 0 atom stereocenters. The lowest BCUT2D eigenvalue weighted by molar-refractivity contribution is 0.101. The Bertz CT molecular complexity index is 296. The fraction of sp³-hybridized carbons (Fsp3) is 0.125. The van der Waals surface area contributed by atoms with Gasteiger partial charge in [0.05, 0.1) is 0 Å². The molecular weight excluding hydrogens is 142 g/mol.